The van der Waals surface area contributed by atoms with Gasteiger partial charge in [-0.1, -0.05) is 35.9 Å². The Balaban J connectivity index is 1.96. The molecular formula is C19H14N2O. The molecule has 0 unspecified atom stereocenters. The lowest BCUT2D eigenvalue weighted by molar-refractivity contribution is 0.615. The summed E-state index contributed by atoms with van der Waals surface area (Å²) in [7, 11) is 0. The second-order valence-electron chi connectivity index (χ2n) is 5.44. The van der Waals surface area contributed by atoms with Gasteiger partial charge in [0, 0.05) is 23.0 Å². The van der Waals surface area contributed by atoms with Crippen molar-refractivity contribution in [1.82, 2.24) is 4.98 Å². The van der Waals surface area contributed by atoms with Crippen molar-refractivity contribution in [3.05, 3.63) is 71.7 Å². The lowest BCUT2D eigenvalue weighted by Gasteiger charge is -2.05. The van der Waals surface area contributed by atoms with Crippen molar-refractivity contribution in [1.29, 1.82) is 5.41 Å². The Morgan fingerprint density at radius 3 is 2.73 bits per heavy atom. The van der Waals surface area contributed by atoms with Crippen molar-refractivity contribution in [2.24, 2.45) is 0 Å². The molecule has 0 fully saturated rings. The van der Waals surface area contributed by atoms with Crippen LogP contribution in [0.25, 0.3) is 33.2 Å². The largest absolute Gasteiger partial charge is 0.454 e. The van der Waals surface area contributed by atoms with Gasteiger partial charge >= 0.3 is 0 Å². The molecule has 2 aromatic carbocycles. The van der Waals surface area contributed by atoms with E-state index in [-0.39, 0.29) is 0 Å². The molecule has 2 aromatic heterocycles. The van der Waals surface area contributed by atoms with Gasteiger partial charge in [0.2, 0.25) is 0 Å². The van der Waals surface area contributed by atoms with Gasteiger partial charge in [0.25, 0.3) is 0 Å². The number of hydrogen-bond donors (Lipinski definition) is 1. The smallest absolute Gasteiger partial charge is 0.155 e. The number of pyridine rings is 1. The van der Waals surface area contributed by atoms with E-state index in [0.717, 1.165) is 21.9 Å². The molecular weight excluding hydrogens is 272 g/mol. The highest BCUT2D eigenvalue weighted by atomic mass is 16.3. The van der Waals surface area contributed by atoms with Crippen LogP contribution in [0.5, 0.6) is 0 Å². The number of nitrogens with one attached hydrogen (secondary N) is 1. The molecule has 3 heteroatoms. The highest BCUT2D eigenvalue weighted by Crippen LogP contribution is 2.24. The van der Waals surface area contributed by atoms with Crippen LogP contribution in [0.3, 0.4) is 0 Å². The highest BCUT2D eigenvalue weighted by Gasteiger charge is 2.07. The summed E-state index contributed by atoms with van der Waals surface area (Å²) >= 11 is 0. The Hall–Kier alpha value is -2.94. The van der Waals surface area contributed by atoms with E-state index >= 15 is 0 Å². The van der Waals surface area contributed by atoms with Crippen LogP contribution in [0.1, 0.15) is 5.56 Å². The van der Waals surface area contributed by atoms with Gasteiger partial charge in [0.05, 0.1) is 5.36 Å². The summed E-state index contributed by atoms with van der Waals surface area (Å²) in [6.07, 6.45) is 1.85. The van der Waals surface area contributed by atoms with Crippen molar-refractivity contribution in [2.75, 3.05) is 0 Å². The third-order valence-corrected chi connectivity index (χ3v) is 3.80. The predicted octanol–water partition coefficient (Wildman–Crippen LogP) is 4.44. The molecule has 106 valence electrons. The number of hydrogen-bond acceptors (Lipinski definition) is 3. The van der Waals surface area contributed by atoms with Crippen molar-refractivity contribution >= 4 is 21.7 Å². The van der Waals surface area contributed by atoms with Crippen LogP contribution in [0.2, 0.25) is 0 Å². The minimum atomic E-state index is 0.447. The summed E-state index contributed by atoms with van der Waals surface area (Å²) in [5.74, 6) is 0.618. The Bertz CT molecular complexity index is 1060. The Labute approximate surface area is 127 Å². The fourth-order valence-corrected chi connectivity index (χ4v) is 2.66. The summed E-state index contributed by atoms with van der Waals surface area (Å²) in [5.41, 5.74) is 2.66. The molecule has 3 nitrogen and oxygen atoms in total. The van der Waals surface area contributed by atoms with Gasteiger partial charge in [0.1, 0.15) is 11.3 Å². The van der Waals surface area contributed by atoms with E-state index in [4.69, 9.17) is 9.83 Å². The normalized spacial score (nSPS) is 11.1. The molecule has 0 bridgehead atoms. The molecule has 1 N–H and O–H groups in total. The fourth-order valence-electron chi connectivity index (χ4n) is 2.66. The molecule has 0 atom stereocenters. The number of nitrogens with zero attached hydrogens (tertiary/aromatic N) is 1. The number of rotatable bonds is 1. The predicted molar refractivity (Wildman–Crippen MR) is 87.5 cm³/mol. The maximum atomic E-state index is 8.16. The topological polar surface area (TPSA) is 49.9 Å². The zero-order valence-electron chi connectivity index (χ0n) is 12.1. The summed E-state index contributed by atoms with van der Waals surface area (Å²) in [6.45, 7) is 2.07. The molecule has 4 rings (SSSR count). The van der Waals surface area contributed by atoms with E-state index in [2.05, 4.69) is 30.1 Å². The van der Waals surface area contributed by atoms with E-state index in [1.54, 1.807) is 6.07 Å². The third-order valence-electron chi connectivity index (χ3n) is 3.80. The van der Waals surface area contributed by atoms with Crippen molar-refractivity contribution in [3.8, 4) is 11.5 Å². The van der Waals surface area contributed by atoms with Gasteiger partial charge in [-0.05, 0) is 30.5 Å². The van der Waals surface area contributed by atoms with Crippen LogP contribution in [0.15, 0.2) is 65.2 Å². The molecule has 0 saturated carbocycles. The summed E-state index contributed by atoms with van der Waals surface area (Å²) in [5, 5.41) is 11.6. The Morgan fingerprint density at radius 1 is 0.955 bits per heavy atom. The number of fused-ring (bicyclic) bond motifs is 2. The van der Waals surface area contributed by atoms with Gasteiger partial charge in [0.15, 0.2) is 5.76 Å². The molecule has 2 heterocycles. The van der Waals surface area contributed by atoms with Crippen molar-refractivity contribution in [3.63, 3.8) is 0 Å². The van der Waals surface area contributed by atoms with Gasteiger partial charge in [-0.15, -0.1) is 0 Å². The maximum Gasteiger partial charge on any atom is 0.155 e. The van der Waals surface area contributed by atoms with Crippen LogP contribution in [0, 0.1) is 12.3 Å². The Kier molecular flexibility index (Phi) is 2.79. The molecule has 0 spiro atoms. The van der Waals surface area contributed by atoms with Gasteiger partial charge in [-0.3, -0.25) is 10.4 Å². The van der Waals surface area contributed by atoms with Crippen LogP contribution in [-0.2, 0) is 0 Å². The minimum Gasteiger partial charge on any atom is -0.454 e. The van der Waals surface area contributed by atoms with E-state index in [9.17, 15) is 0 Å². The zero-order chi connectivity index (χ0) is 15.1. The highest BCUT2D eigenvalue weighted by molar-refractivity contribution is 5.86. The molecule has 0 aliphatic rings. The molecule has 0 aliphatic carbocycles. The lowest BCUT2D eigenvalue weighted by Crippen LogP contribution is -2.00. The first-order valence-corrected chi connectivity index (χ1v) is 7.15. The number of aromatic nitrogens is 1. The average Bonchev–Trinajstić information content (AvgIpc) is 2.54. The SMILES string of the molecule is Cc1ccc2cnc(-c3cc(=N)c4ccccc4o3)cc2c1. The van der Waals surface area contributed by atoms with E-state index in [1.807, 2.05) is 36.5 Å². The molecule has 0 aliphatic heterocycles. The lowest BCUT2D eigenvalue weighted by atomic mass is 10.1. The quantitative estimate of drug-likeness (QED) is 0.562. The van der Waals surface area contributed by atoms with E-state index < -0.39 is 0 Å². The number of benzene rings is 2. The molecule has 0 amide bonds. The maximum absolute atomic E-state index is 8.16. The monoisotopic (exact) mass is 286 g/mol. The number of para-hydroxylation sites is 1. The second-order valence-corrected chi connectivity index (χ2v) is 5.44. The van der Waals surface area contributed by atoms with Crippen LogP contribution in [0.4, 0.5) is 0 Å². The Morgan fingerprint density at radius 2 is 1.82 bits per heavy atom. The van der Waals surface area contributed by atoms with Crippen molar-refractivity contribution < 1.29 is 4.42 Å². The standard InChI is InChI=1S/C19H14N2O/c1-12-6-7-13-11-21-17(9-14(13)8-12)19-10-16(20)15-4-2-3-5-18(15)22-19/h2-11,20H,1H3. The summed E-state index contributed by atoms with van der Waals surface area (Å²) < 4.78 is 5.93. The average molecular weight is 286 g/mol. The van der Waals surface area contributed by atoms with Crippen LogP contribution in [-0.4, -0.2) is 4.98 Å². The van der Waals surface area contributed by atoms with E-state index in [1.165, 1.54) is 5.56 Å². The van der Waals surface area contributed by atoms with Crippen molar-refractivity contribution in [2.45, 2.75) is 6.92 Å². The van der Waals surface area contributed by atoms with Crippen LogP contribution < -0.4 is 5.36 Å². The molecule has 0 saturated heterocycles. The fraction of sp³-hybridized carbons (Fsp3) is 0.0526. The first-order valence-electron chi connectivity index (χ1n) is 7.15. The molecule has 4 aromatic rings. The first-order chi connectivity index (χ1) is 10.7. The first kappa shape index (κ1) is 12.8. The summed E-state index contributed by atoms with van der Waals surface area (Å²) in [4.78, 5) is 4.48. The second kappa shape index (κ2) is 4.81. The van der Waals surface area contributed by atoms with Gasteiger partial charge in [-0.25, -0.2) is 0 Å². The zero-order valence-corrected chi connectivity index (χ0v) is 12.1. The number of aryl methyl sites for hydroxylation is 1. The summed E-state index contributed by atoms with van der Waals surface area (Å²) in [6, 6.07) is 17.6. The van der Waals surface area contributed by atoms with Gasteiger partial charge in [-0.2, -0.15) is 0 Å². The minimum absolute atomic E-state index is 0.447. The molecule has 22 heavy (non-hydrogen) atoms. The van der Waals surface area contributed by atoms with Gasteiger partial charge < -0.3 is 4.42 Å². The van der Waals surface area contributed by atoms with Crippen LogP contribution >= 0.6 is 0 Å². The van der Waals surface area contributed by atoms with E-state index in [0.29, 0.717) is 16.7 Å². The third kappa shape index (κ3) is 2.07. The molecule has 0 radical (unpaired) electrons.